The summed E-state index contributed by atoms with van der Waals surface area (Å²) in [6.07, 6.45) is 1.97. The minimum absolute atomic E-state index is 0.00656. The molecule has 1 fully saturated rings. The number of ether oxygens (including phenoxy) is 1. The fraction of sp³-hybridized carbons (Fsp3) is 0.750. The van der Waals surface area contributed by atoms with Crippen molar-refractivity contribution in [1.82, 2.24) is 5.48 Å². The van der Waals surface area contributed by atoms with Gasteiger partial charge >= 0.3 is 11.9 Å². The summed E-state index contributed by atoms with van der Waals surface area (Å²) in [6, 6.07) is -0.912. The highest BCUT2D eigenvalue weighted by Crippen LogP contribution is 2.06. The van der Waals surface area contributed by atoms with Gasteiger partial charge in [-0.3, -0.25) is 14.4 Å². The number of cyclic esters (lactones) is 1. The standard InChI is InChI=1S/C12H19NO6/c14-7-5-10-12(17)18-8-6-9(15)3-1-2-4-11(16)19-13-10/h10,13-14H,1-8H2/t10-/m0/s1. The van der Waals surface area contributed by atoms with E-state index in [1.54, 1.807) is 0 Å². The van der Waals surface area contributed by atoms with Crippen LogP contribution in [0.25, 0.3) is 0 Å². The molecule has 0 unspecified atom stereocenters. The predicted octanol–water partition coefficient (Wildman–Crippen LogP) is -0.138. The fourth-order valence-corrected chi connectivity index (χ4v) is 1.62. The molecule has 0 saturated carbocycles. The van der Waals surface area contributed by atoms with Crippen LogP contribution in [0.5, 0.6) is 0 Å². The van der Waals surface area contributed by atoms with Crippen LogP contribution >= 0.6 is 0 Å². The molecule has 0 amide bonds. The summed E-state index contributed by atoms with van der Waals surface area (Å²) in [7, 11) is 0. The van der Waals surface area contributed by atoms with Gasteiger partial charge in [0, 0.05) is 25.9 Å². The molecule has 0 aromatic rings. The highest BCUT2D eigenvalue weighted by atomic mass is 16.7. The smallest absolute Gasteiger partial charge is 0.326 e. The van der Waals surface area contributed by atoms with E-state index < -0.39 is 18.0 Å². The Labute approximate surface area is 111 Å². The third kappa shape index (κ3) is 6.30. The molecule has 7 heteroatoms. The third-order valence-electron chi connectivity index (χ3n) is 2.73. The lowest BCUT2D eigenvalue weighted by atomic mass is 10.1. The van der Waals surface area contributed by atoms with E-state index in [-0.39, 0.29) is 38.3 Å². The molecular weight excluding hydrogens is 254 g/mol. The molecule has 1 rings (SSSR count). The number of hydrogen-bond donors (Lipinski definition) is 2. The first-order chi connectivity index (χ1) is 9.13. The first-order valence-corrected chi connectivity index (χ1v) is 6.38. The number of aliphatic hydroxyl groups excluding tert-OH is 1. The number of nitrogens with one attached hydrogen (secondary N) is 1. The van der Waals surface area contributed by atoms with Crippen molar-refractivity contribution in [2.24, 2.45) is 0 Å². The molecule has 0 aromatic carbocycles. The van der Waals surface area contributed by atoms with Gasteiger partial charge in [-0.05, 0) is 19.3 Å². The first kappa shape index (κ1) is 15.6. The molecule has 2 N–H and O–H groups in total. The van der Waals surface area contributed by atoms with E-state index in [9.17, 15) is 14.4 Å². The monoisotopic (exact) mass is 273 g/mol. The molecule has 108 valence electrons. The summed E-state index contributed by atoms with van der Waals surface area (Å²) in [5.74, 6) is -1.14. The molecule has 1 saturated heterocycles. The topological polar surface area (TPSA) is 102 Å². The summed E-state index contributed by atoms with van der Waals surface area (Å²) >= 11 is 0. The molecular formula is C12H19NO6. The SMILES string of the molecule is O=C1CCCCC(=O)ON[C@@H](CCO)C(=O)OCC1. The van der Waals surface area contributed by atoms with E-state index in [1.807, 2.05) is 0 Å². The second kappa shape index (κ2) is 8.60. The zero-order chi connectivity index (χ0) is 14.1. The predicted molar refractivity (Wildman–Crippen MR) is 63.8 cm³/mol. The van der Waals surface area contributed by atoms with Crippen LogP contribution in [-0.2, 0) is 24.0 Å². The third-order valence-corrected chi connectivity index (χ3v) is 2.73. The highest BCUT2D eigenvalue weighted by molar-refractivity contribution is 5.80. The minimum atomic E-state index is -0.912. The lowest BCUT2D eigenvalue weighted by Gasteiger charge is -2.15. The van der Waals surface area contributed by atoms with E-state index in [1.165, 1.54) is 0 Å². The lowest BCUT2D eigenvalue weighted by molar-refractivity contribution is -0.161. The van der Waals surface area contributed by atoms with Crippen molar-refractivity contribution in [3.63, 3.8) is 0 Å². The molecule has 0 spiro atoms. The summed E-state index contributed by atoms with van der Waals surface area (Å²) in [5, 5.41) is 8.84. The van der Waals surface area contributed by atoms with Crippen LogP contribution in [-0.4, -0.2) is 42.1 Å². The number of aliphatic hydroxyl groups is 1. The van der Waals surface area contributed by atoms with Crippen molar-refractivity contribution >= 4 is 17.7 Å². The van der Waals surface area contributed by atoms with Crippen molar-refractivity contribution in [2.45, 2.75) is 44.6 Å². The van der Waals surface area contributed by atoms with Crippen LogP contribution in [0.4, 0.5) is 0 Å². The Balaban J connectivity index is 2.58. The molecule has 0 bridgehead atoms. The molecule has 19 heavy (non-hydrogen) atoms. The van der Waals surface area contributed by atoms with Crippen molar-refractivity contribution in [1.29, 1.82) is 0 Å². The van der Waals surface area contributed by atoms with Gasteiger partial charge in [0.25, 0.3) is 0 Å². The number of carbonyl (C=O) groups is 3. The Morgan fingerprint density at radius 2 is 1.89 bits per heavy atom. The van der Waals surface area contributed by atoms with Gasteiger partial charge in [0.15, 0.2) is 0 Å². The highest BCUT2D eigenvalue weighted by Gasteiger charge is 2.22. The van der Waals surface area contributed by atoms with Crippen LogP contribution in [0.2, 0.25) is 0 Å². The molecule has 0 aliphatic carbocycles. The van der Waals surface area contributed by atoms with Crippen LogP contribution in [0.3, 0.4) is 0 Å². The number of hydrogen-bond acceptors (Lipinski definition) is 7. The Hall–Kier alpha value is -1.47. The Bertz CT molecular complexity index is 330. The van der Waals surface area contributed by atoms with Crippen LogP contribution in [0, 0.1) is 0 Å². The second-order valence-electron chi connectivity index (χ2n) is 4.32. The zero-order valence-corrected chi connectivity index (χ0v) is 10.7. The van der Waals surface area contributed by atoms with Gasteiger partial charge in [0.1, 0.15) is 11.8 Å². The molecule has 1 atom stereocenters. The molecule has 1 aliphatic rings. The molecule has 7 nitrogen and oxygen atoms in total. The largest absolute Gasteiger partial charge is 0.464 e. The number of rotatable bonds is 2. The second-order valence-corrected chi connectivity index (χ2v) is 4.32. The average Bonchev–Trinajstić information content (AvgIpc) is 2.39. The number of esters is 1. The van der Waals surface area contributed by atoms with Gasteiger partial charge in [0.05, 0.1) is 6.61 Å². The van der Waals surface area contributed by atoms with E-state index in [0.717, 1.165) is 0 Å². The minimum Gasteiger partial charge on any atom is -0.464 e. The molecule has 0 radical (unpaired) electrons. The van der Waals surface area contributed by atoms with E-state index >= 15 is 0 Å². The van der Waals surface area contributed by atoms with Crippen LogP contribution in [0.1, 0.15) is 38.5 Å². The Kier molecular flexibility index (Phi) is 7.06. The van der Waals surface area contributed by atoms with E-state index in [2.05, 4.69) is 5.48 Å². The quantitative estimate of drug-likeness (QED) is 0.675. The van der Waals surface area contributed by atoms with Crippen LogP contribution in [0.15, 0.2) is 0 Å². The maximum atomic E-state index is 11.6. The number of ketones is 1. The van der Waals surface area contributed by atoms with Gasteiger partial charge in [-0.2, -0.15) is 0 Å². The number of hydroxylamine groups is 1. The number of Topliss-reactive ketones (excluding diaryl/α,β-unsaturated/α-hetero) is 1. The maximum absolute atomic E-state index is 11.6. The van der Waals surface area contributed by atoms with Gasteiger partial charge in [-0.25, -0.2) is 0 Å². The lowest BCUT2D eigenvalue weighted by Crippen LogP contribution is -2.40. The van der Waals surface area contributed by atoms with Crippen molar-refractivity contribution in [3.05, 3.63) is 0 Å². The Morgan fingerprint density at radius 3 is 2.63 bits per heavy atom. The summed E-state index contributed by atoms with van der Waals surface area (Å²) in [6.45, 7) is -0.238. The van der Waals surface area contributed by atoms with Crippen molar-refractivity contribution < 1.29 is 29.1 Å². The molecule has 1 aliphatic heterocycles. The maximum Gasteiger partial charge on any atom is 0.326 e. The van der Waals surface area contributed by atoms with E-state index in [0.29, 0.717) is 19.3 Å². The van der Waals surface area contributed by atoms with Gasteiger partial charge in [-0.15, -0.1) is 5.48 Å². The van der Waals surface area contributed by atoms with Gasteiger partial charge < -0.3 is 14.7 Å². The molecule has 0 aromatic heterocycles. The van der Waals surface area contributed by atoms with Crippen molar-refractivity contribution in [3.8, 4) is 0 Å². The summed E-state index contributed by atoms with van der Waals surface area (Å²) in [4.78, 5) is 39.1. The first-order valence-electron chi connectivity index (χ1n) is 6.38. The fourth-order valence-electron chi connectivity index (χ4n) is 1.62. The van der Waals surface area contributed by atoms with E-state index in [4.69, 9.17) is 14.7 Å². The number of carbonyl (C=O) groups excluding carboxylic acids is 3. The van der Waals surface area contributed by atoms with Crippen molar-refractivity contribution in [2.75, 3.05) is 13.2 Å². The normalized spacial score (nSPS) is 23.6. The van der Waals surface area contributed by atoms with Gasteiger partial charge in [-0.1, -0.05) is 0 Å². The van der Waals surface area contributed by atoms with Crippen LogP contribution < -0.4 is 5.48 Å². The summed E-state index contributed by atoms with van der Waals surface area (Å²) < 4.78 is 4.90. The Morgan fingerprint density at radius 1 is 1.16 bits per heavy atom. The summed E-state index contributed by atoms with van der Waals surface area (Å²) in [5.41, 5.74) is 2.30. The zero-order valence-electron chi connectivity index (χ0n) is 10.7. The van der Waals surface area contributed by atoms with Gasteiger partial charge in [0.2, 0.25) is 0 Å². The molecule has 1 heterocycles. The average molecular weight is 273 g/mol.